The van der Waals surface area contributed by atoms with E-state index in [9.17, 15) is 0 Å². The van der Waals surface area contributed by atoms with Gasteiger partial charge in [-0.15, -0.1) is 12.4 Å². The summed E-state index contributed by atoms with van der Waals surface area (Å²) in [5, 5.41) is 3.36. The fourth-order valence-electron chi connectivity index (χ4n) is 1.72. The predicted molar refractivity (Wildman–Crippen MR) is 51.9 cm³/mol. The molecule has 12 heavy (non-hydrogen) atoms. The predicted octanol–water partition coefficient (Wildman–Crippen LogP) is 1.73. The van der Waals surface area contributed by atoms with Crippen LogP contribution < -0.4 is 5.32 Å². The molecule has 1 aliphatic heterocycles. The van der Waals surface area contributed by atoms with E-state index in [1.807, 2.05) is 0 Å². The fraction of sp³-hybridized carbons (Fsp3) is 1.00. The van der Waals surface area contributed by atoms with Crippen LogP contribution in [0.2, 0.25) is 0 Å². The van der Waals surface area contributed by atoms with Crippen molar-refractivity contribution in [3.05, 3.63) is 0 Å². The van der Waals surface area contributed by atoms with E-state index < -0.39 is 0 Å². The molecule has 0 spiro atoms. The monoisotopic (exact) mass is 191 g/mol. The van der Waals surface area contributed by atoms with Crippen molar-refractivity contribution in [2.24, 2.45) is 0 Å². The average molecular weight is 192 g/mol. The summed E-state index contributed by atoms with van der Waals surface area (Å²) in [7, 11) is 0. The van der Waals surface area contributed by atoms with Gasteiger partial charge >= 0.3 is 0 Å². The van der Waals surface area contributed by atoms with E-state index in [-0.39, 0.29) is 12.4 Å². The molecule has 0 amide bonds. The summed E-state index contributed by atoms with van der Waals surface area (Å²) in [6.07, 6.45) is 7.67. The number of ether oxygens (including phenoxy) is 1. The first kappa shape index (κ1) is 10.3. The van der Waals surface area contributed by atoms with Crippen LogP contribution in [-0.4, -0.2) is 25.3 Å². The van der Waals surface area contributed by atoms with Crippen molar-refractivity contribution in [3.63, 3.8) is 0 Å². The van der Waals surface area contributed by atoms with Gasteiger partial charge in [0.15, 0.2) is 0 Å². The van der Waals surface area contributed by atoms with Gasteiger partial charge in [-0.25, -0.2) is 0 Å². The minimum Gasteiger partial charge on any atom is -0.374 e. The molecule has 1 N–H and O–H groups in total. The van der Waals surface area contributed by atoms with Gasteiger partial charge in [-0.3, -0.25) is 0 Å². The molecular formula is C9H18ClNO. The lowest BCUT2D eigenvalue weighted by atomic mass is 9.95. The second-order valence-electron chi connectivity index (χ2n) is 3.66. The van der Waals surface area contributed by atoms with Gasteiger partial charge in [0, 0.05) is 6.54 Å². The van der Waals surface area contributed by atoms with Crippen molar-refractivity contribution in [3.8, 4) is 0 Å². The van der Waals surface area contributed by atoms with Crippen LogP contribution in [0.3, 0.4) is 0 Å². The normalized spacial score (nSPS) is 30.5. The van der Waals surface area contributed by atoms with E-state index in [0.717, 1.165) is 6.54 Å². The second kappa shape index (κ2) is 5.05. The van der Waals surface area contributed by atoms with Crippen LogP contribution in [0.4, 0.5) is 0 Å². The third kappa shape index (κ3) is 2.61. The minimum absolute atomic E-state index is 0. The van der Waals surface area contributed by atoms with Crippen molar-refractivity contribution in [1.82, 2.24) is 5.32 Å². The molecule has 1 heterocycles. The van der Waals surface area contributed by atoms with Gasteiger partial charge in [-0.2, -0.15) is 0 Å². The molecular weight excluding hydrogens is 174 g/mol. The molecule has 0 bridgehead atoms. The van der Waals surface area contributed by atoms with Crippen LogP contribution in [0.25, 0.3) is 0 Å². The Kier molecular flexibility index (Phi) is 4.33. The zero-order valence-corrected chi connectivity index (χ0v) is 8.24. The molecule has 72 valence electrons. The molecule has 0 aromatic heterocycles. The van der Waals surface area contributed by atoms with Gasteiger partial charge in [0.05, 0.1) is 12.2 Å². The van der Waals surface area contributed by atoms with E-state index in [0.29, 0.717) is 12.2 Å². The topological polar surface area (TPSA) is 21.3 Å². The van der Waals surface area contributed by atoms with Crippen LogP contribution in [-0.2, 0) is 4.74 Å². The van der Waals surface area contributed by atoms with Gasteiger partial charge in [0.25, 0.3) is 0 Å². The highest BCUT2D eigenvalue weighted by atomic mass is 35.5. The van der Waals surface area contributed by atoms with E-state index in [2.05, 4.69) is 5.32 Å². The van der Waals surface area contributed by atoms with Gasteiger partial charge in [-0.05, 0) is 38.6 Å². The molecule has 2 fully saturated rings. The molecule has 1 saturated carbocycles. The summed E-state index contributed by atoms with van der Waals surface area (Å²) in [4.78, 5) is 0. The number of piperidine rings is 1. The quantitative estimate of drug-likeness (QED) is 0.718. The first-order valence-electron chi connectivity index (χ1n) is 4.81. The molecule has 0 aromatic rings. The third-order valence-corrected chi connectivity index (χ3v) is 2.69. The van der Waals surface area contributed by atoms with Gasteiger partial charge < -0.3 is 10.1 Å². The van der Waals surface area contributed by atoms with Crippen molar-refractivity contribution in [2.75, 3.05) is 13.1 Å². The SMILES string of the molecule is C1CC(OC2CCCNC2)C1.Cl. The highest BCUT2D eigenvalue weighted by Crippen LogP contribution is 2.24. The zero-order valence-electron chi connectivity index (χ0n) is 7.42. The number of nitrogens with one attached hydrogen (secondary N) is 1. The maximum absolute atomic E-state index is 5.86. The summed E-state index contributed by atoms with van der Waals surface area (Å²) in [5.74, 6) is 0. The molecule has 0 aromatic carbocycles. The summed E-state index contributed by atoms with van der Waals surface area (Å²) in [5.41, 5.74) is 0. The molecule has 2 aliphatic rings. The lowest BCUT2D eigenvalue weighted by Crippen LogP contribution is -2.39. The Morgan fingerprint density at radius 1 is 1.00 bits per heavy atom. The Hall–Kier alpha value is 0.210. The van der Waals surface area contributed by atoms with E-state index >= 15 is 0 Å². The second-order valence-corrected chi connectivity index (χ2v) is 3.66. The lowest BCUT2D eigenvalue weighted by molar-refractivity contribution is -0.0587. The molecule has 1 saturated heterocycles. The van der Waals surface area contributed by atoms with E-state index in [1.54, 1.807) is 0 Å². The molecule has 2 rings (SSSR count). The maximum atomic E-state index is 5.86. The van der Waals surface area contributed by atoms with E-state index in [1.165, 1.54) is 38.6 Å². The van der Waals surface area contributed by atoms with Crippen LogP contribution in [0.1, 0.15) is 32.1 Å². The molecule has 0 radical (unpaired) electrons. The fourth-order valence-corrected chi connectivity index (χ4v) is 1.72. The van der Waals surface area contributed by atoms with Crippen molar-refractivity contribution in [1.29, 1.82) is 0 Å². The Morgan fingerprint density at radius 3 is 2.25 bits per heavy atom. The summed E-state index contributed by atoms with van der Waals surface area (Å²) in [6.45, 7) is 2.26. The molecule has 1 atom stereocenters. The van der Waals surface area contributed by atoms with Gasteiger partial charge in [0.2, 0.25) is 0 Å². The minimum atomic E-state index is 0. The molecule has 1 aliphatic carbocycles. The van der Waals surface area contributed by atoms with Crippen molar-refractivity contribution >= 4 is 12.4 Å². The lowest BCUT2D eigenvalue weighted by Gasteiger charge is -2.32. The summed E-state index contributed by atoms with van der Waals surface area (Å²) in [6, 6.07) is 0. The molecule has 1 unspecified atom stereocenters. The van der Waals surface area contributed by atoms with Crippen LogP contribution in [0.15, 0.2) is 0 Å². The zero-order chi connectivity index (χ0) is 7.52. The summed E-state index contributed by atoms with van der Waals surface area (Å²) < 4.78 is 5.86. The Balaban J connectivity index is 0.000000720. The first-order chi connectivity index (χ1) is 5.45. The largest absolute Gasteiger partial charge is 0.374 e. The highest BCUT2D eigenvalue weighted by Gasteiger charge is 2.23. The van der Waals surface area contributed by atoms with Crippen LogP contribution in [0.5, 0.6) is 0 Å². The van der Waals surface area contributed by atoms with Crippen LogP contribution >= 0.6 is 12.4 Å². The third-order valence-electron chi connectivity index (χ3n) is 2.69. The van der Waals surface area contributed by atoms with E-state index in [4.69, 9.17) is 4.74 Å². The highest BCUT2D eigenvalue weighted by molar-refractivity contribution is 5.85. The smallest absolute Gasteiger partial charge is 0.0703 e. The Bertz CT molecular complexity index is 122. The molecule has 2 nitrogen and oxygen atoms in total. The number of hydrogen-bond acceptors (Lipinski definition) is 2. The number of rotatable bonds is 2. The number of halogens is 1. The summed E-state index contributed by atoms with van der Waals surface area (Å²) >= 11 is 0. The Morgan fingerprint density at radius 2 is 1.75 bits per heavy atom. The van der Waals surface area contributed by atoms with Gasteiger partial charge in [-0.1, -0.05) is 0 Å². The maximum Gasteiger partial charge on any atom is 0.0703 e. The number of hydrogen-bond donors (Lipinski definition) is 1. The standard InChI is InChI=1S/C9H17NO.ClH/c1-3-8(4-1)11-9-5-2-6-10-7-9;/h8-10H,1-7H2;1H. The Labute approximate surface area is 80.5 Å². The van der Waals surface area contributed by atoms with Crippen LogP contribution in [0, 0.1) is 0 Å². The average Bonchev–Trinajstić information content (AvgIpc) is 1.99. The van der Waals surface area contributed by atoms with Crippen molar-refractivity contribution < 1.29 is 4.74 Å². The van der Waals surface area contributed by atoms with Gasteiger partial charge in [0.1, 0.15) is 0 Å². The van der Waals surface area contributed by atoms with Crippen molar-refractivity contribution in [2.45, 2.75) is 44.3 Å². The molecule has 3 heteroatoms. The first-order valence-corrected chi connectivity index (χ1v) is 4.81.